The second kappa shape index (κ2) is 6.11. The van der Waals surface area contributed by atoms with Gasteiger partial charge >= 0.3 is 0 Å². The highest BCUT2D eigenvalue weighted by Gasteiger charge is 2.24. The second-order valence-electron chi connectivity index (χ2n) is 3.53. The molecule has 0 bridgehead atoms. The third kappa shape index (κ3) is 3.04. The standard InChI is InChI=1S/C11H18N2O3S/c1-2-13(7-8-14)17(15,16)11-6-4-3-5-10(11)9-12/h3-6,14H,2,7-9,12H2,1H3. The molecule has 5 nitrogen and oxygen atoms in total. The van der Waals surface area contributed by atoms with Crippen molar-refractivity contribution in [1.82, 2.24) is 4.31 Å². The molecular weight excluding hydrogens is 240 g/mol. The zero-order valence-corrected chi connectivity index (χ0v) is 10.7. The van der Waals surface area contributed by atoms with Gasteiger partial charge in [-0.2, -0.15) is 4.31 Å². The van der Waals surface area contributed by atoms with Crippen molar-refractivity contribution in [2.75, 3.05) is 19.7 Å². The van der Waals surface area contributed by atoms with Crippen LogP contribution >= 0.6 is 0 Å². The summed E-state index contributed by atoms with van der Waals surface area (Å²) in [5, 5.41) is 8.87. The normalized spacial score (nSPS) is 12.0. The fourth-order valence-corrected chi connectivity index (χ4v) is 3.30. The number of aliphatic hydroxyl groups excluding tert-OH is 1. The first-order valence-electron chi connectivity index (χ1n) is 5.46. The van der Waals surface area contributed by atoms with E-state index < -0.39 is 10.0 Å². The van der Waals surface area contributed by atoms with Crippen molar-refractivity contribution >= 4 is 10.0 Å². The average molecular weight is 258 g/mol. The topological polar surface area (TPSA) is 83.6 Å². The number of rotatable bonds is 6. The Morgan fingerprint density at radius 1 is 1.35 bits per heavy atom. The molecule has 6 heteroatoms. The first-order chi connectivity index (χ1) is 8.07. The molecule has 0 heterocycles. The fourth-order valence-electron chi connectivity index (χ4n) is 1.62. The van der Waals surface area contributed by atoms with Crippen LogP contribution in [0.25, 0.3) is 0 Å². The van der Waals surface area contributed by atoms with Crippen LogP contribution in [-0.2, 0) is 16.6 Å². The number of nitrogens with zero attached hydrogens (tertiary/aromatic N) is 1. The van der Waals surface area contributed by atoms with E-state index in [0.29, 0.717) is 12.1 Å². The molecule has 0 saturated heterocycles. The Morgan fingerprint density at radius 2 is 2.00 bits per heavy atom. The molecule has 0 radical (unpaired) electrons. The number of hydrogen-bond acceptors (Lipinski definition) is 4. The second-order valence-corrected chi connectivity index (χ2v) is 5.44. The fraction of sp³-hybridized carbons (Fsp3) is 0.455. The molecule has 0 aliphatic rings. The maximum atomic E-state index is 12.3. The van der Waals surface area contributed by atoms with Crippen LogP contribution in [0.3, 0.4) is 0 Å². The molecule has 96 valence electrons. The van der Waals surface area contributed by atoms with E-state index in [0.717, 1.165) is 0 Å². The van der Waals surface area contributed by atoms with Crippen LogP contribution in [0.1, 0.15) is 12.5 Å². The summed E-state index contributed by atoms with van der Waals surface area (Å²) in [6, 6.07) is 6.65. The molecule has 0 aliphatic heterocycles. The highest BCUT2D eigenvalue weighted by molar-refractivity contribution is 7.89. The van der Waals surface area contributed by atoms with Crippen molar-refractivity contribution in [3.8, 4) is 0 Å². The van der Waals surface area contributed by atoms with Crippen molar-refractivity contribution in [2.45, 2.75) is 18.4 Å². The minimum Gasteiger partial charge on any atom is -0.395 e. The number of likely N-dealkylation sites (N-methyl/N-ethyl adjacent to an activating group) is 1. The quantitative estimate of drug-likeness (QED) is 0.760. The minimum absolute atomic E-state index is 0.0950. The summed E-state index contributed by atoms with van der Waals surface area (Å²) < 4.78 is 25.8. The van der Waals surface area contributed by atoms with Gasteiger partial charge in [-0.25, -0.2) is 8.42 Å². The van der Waals surface area contributed by atoms with Gasteiger partial charge < -0.3 is 10.8 Å². The predicted octanol–water partition coefficient (Wildman–Crippen LogP) is 0.148. The van der Waals surface area contributed by atoms with Gasteiger partial charge in [0, 0.05) is 19.6 Å². The van der Waals surface area contributed by atoms with Crippen molar-refractivity contribution in [1.29, 1.82) is 0 Å². The average Bonchev–Trinajstić information content (AvgIpc) is 2.35. The Kier molecular flexibility index (Phi) is 5.07. The lowest BCUT2D eigenvalue weighted by Gasteiger charge is -2.20. The number of nitrogens with two attached hydrogens (primary N) is 1. The predicted molar refractivity (Wildman–Crippen MR) is 65.9 cm³/mol. The van der Waals surface area contributed by atoms with Gasteiger partial charge in [-0.1, -0.05) is 25.1 Å². The molecular formula is C11H18N2O3S. The van der Waals surface area contributed by atoms with Gasteiger partial charge in [0.25, 0.3) is 0 Å². The van der Waals surface area contributed by atoms with E-state index in [1.54, 1.807) is 25.1 Å². The smallest absolute Gasteiger partial charge is 0.243 e. The minimum atomic E-state index is -3.56. The van der Waals surface area contributed by atoms with Crippen LogP contribution in [0, 0.1) is 0 Å². The summed E-state index contributed by atoms with van der Waals surface area (Å²) in [4.78, 5) is 0.220. The number of sulfonamides is 1. The van der Waals surface area contributed by atoms with E-state index in [-0.39, 0.29) is 24.6 Å². The highest BCUT2D eigenvalue weighted by Crippen LogP contribution is 2.19. The lowest BCUT2D eigenvalue weighted by Crippen LogP contribution is -2.34. The SMILES string of the molecule is CCN(CCO)S(=O)(=O)c1ccccc1CN. The van der Waals surface area contributed by atoms with E-state index in [9.17, 15) is 8.42 Å². The zero-order chi connectivity index (χ0) is 12.9. The van der Waals surface area contributed by atoms with E-state index >= 15 is 0 Å². The van der Waals surface area contributed by atoms with E-state index in [1.807, 2.05) is 0 Å². The molecule has 0 unspecified atom stereocenters. The molecule has 0 saturated carbocycles. The lowest BCUT2D eigenvalue weighted by atomic mass is 10.2. The molecule has 1 aromatic carbocycles. The molecule has 0 atom stereocenters. The third-order valence-corrected chi connectivity index (χ3v) is 4.59. The van der Waals surface area contributed by atoms with Gasteiger partial charge in [0.2, 0.25) is 10.0 Å². The molecule has 1 aromatic rings. The molecule has 3 N–H and O–H groups in total. The van der Waals surface area contributed by atoms with E-state index in [2.05, 4.69) is 0 Å². The first-order valence-corrected chi connectivity index (χ1v) is 6.91. The van der Waals surface area contributed by atoms with Crippen molar-refractivity contribution < 1.29 is 13.5 Å². The van der Waals surface area contributed by atoms with Crippen molar-refractivity contribution in [3.63, 3.8) is 0 Å². The van der Waals surface area contributed by atoms with Crippen molar-refractivity contribution in [3.05, 3.63) is 29.8 Å². The summed E-state index contributed by atoms with van der Waals surface area (Å²) >= 11 is 0. The zero-order valence-electron chi connectivity index (χ0n) is 9.83. The Labute approximate surface area is 102 Å². The third-order valence-electron chi connectivity index (χ3n) is 2.51. The van der Waals surface area contributed by atoms with E-state index in [1.165, 1.54) is 10.4 Å². The monoisotopic (exact) mass is 258 g/mol. The van der Waals surface area contributed by atoms with Crippen LogP contribution in [0.5, 0.6) is 0 Å². The molecule has 0 aliphatic carbocycles. The van der Waals surface area contributed by atoms with Crippen LogP contribution < -0.4 is 5.73 Å². The Hall–Kier alpha value is -0.950. The van der Waals surface area contributed by atoms with Crippen LogP contribution in [0.15, 0.2) is 29.2 Å². The van der Waals surface area contributed by atoms with Gasteiger partial charge in [-0.05, 0) is 11.6 Å². The van der Waals surface area contributed by atoms with Crippen molar-refractivity contribution in [2.24, 2.45) is 5.73 Å². The molecule has 0 aromatic heterocycles. The summed E-state index contributed by atoms with van der Waals surface area (Å²) in [5.74, 6) is 0. The summed E-state index contributed by atoms with van der Waals surface area (Å²) in [5.41, 5.74) is 6.12. The van der Waals surface area contributed by atoms with Gasteiger partial charge in [0.1, 0.15) is 0 Å². The van der Waals surface area contributed by atoms with Gasteiger partial charge in [0.15, 0.2) is 0 Å². The molecule has 0 fully saturated rings. The van der Waals surface area contributed by atoms with Gasteiger partial charge in [-0.3, -0.25) is 0 Å². The lowest BCUT2D eigenvalue weighted by molar-refractivity contribution is 0.257. The maximum absolute atomic E-state index is 12.3. The number of hydrogen-bond donors (Lipinski definition) is 2. The first kappa shape index (κ1) is 14.1. The molecule has 0 amide bonds. The summed E-state index contributed by atoms with van der Waals surface area (Å²) in [6.07, 6.45) is 0. The van der Waals surface area contributed by atoms with Crippen LogP contribution in [0.4, 0.5) is 0 Å². The Bertz CT molecular complexity index is 460. The Morgan fingerprint density at radius 3 is 2.53 bits per heavy atom. The molecule has 1 rings (SSSR count). The van der Waals surface area contributed by atoms with Crippen LogP contribution in [-0.4, -0.2) is 37.5 Å². The number of aliphatic hydroxyl groups is 1. The largest absolute Gasteiger partial charge is 0.395 e. The van der Waals surface area contributed by atoms with Crippen LogP contribution in [0.2, 0.25) is 0 Å². The molecule has 0 spiro atoms. The molecule has 17 heavy (non-hydrogen) atoms. The van der Waals surface area contributed by atoms with E-state index in [4.69, 9.17) is 10.8 Å². The van der Waals surface area contributed by atoms with Gasteiger partial charge in [0.05, 0.1) is 11.5 Å². The maximum Gasteiger partial charge on any atom is 0.243 e. The summed E-state index contributed by atoms with van der Waals surface area (Å²) in [6.45, 7) is 2.13. The number of benzene rings is 1. The summed E-state index contributed by atoms with van der Waals surface area (Å²) in [7, 11) is -3.56. The van der Waals surface area contributed by atoms with Gasteiger partial charge in [-0.15, -0.1) is 0 Å². The Balaban J connectivity index is 3.20. The highest BCUT2D eigenvalue weighted by atomic mass is 32.2.